The Labute approximate surface area is 128 Å². The molecule has 0 radical (unpaired) electrons. The molecule has 2 aromatic carbocycles. The number of para-hydroxylation sites is 1. The van der Waals surface area contributed by atoms with Crippen molar-refractivity contribution in [3.05, 3.63) is 65.2 Å². The third kappa shape index (κ3) is 4.93. The van der Waals surface area contributed by atoms with E-state index in [1.54, 1.807) is 18.2 Å². The van der Waals surface area contributed by atoms with Crippen LogP contribution in [0, 0.1) is 0 Å². The summed E-state index contributed by atoms with van der Waals surface area (Å²) < 4.78 is 0. The van der Waals surface area contributed by atoms with Gasteiger partial charge in [0.1, 0.15) is 6.42 Å². The summed E-state index contributed by atoms with van der Waals surface area (Å²) in [7, 11) is 0. The molecular formula is C16H15ClN2O2. The molecule has 0 fully saturated rings. The van der Waals surface area contributed by atoms with E-state index in [2.05, 4.69) is 10.6 Å². The first-order chi connectivity index (χ1) is 10.1. The minimum atomic E-state index is -0.349. The van der Waals surface area contributed by atoms with E-state index < -0.39 is 0 Å². The summed E-state index contributed by atoms with van der Waals surface area (Å²) in [4.78, 5) is 23.4. The monoisotopic (exact) mass is 302 g/mol. The first-order valence-corrected chi connectivity index (χ1v) is 6.88. The highest BCUT2D eigenvalue weighted by atomic mass is 35.5. The Morgan fingerprint density at radius 3 is 2.29 bits per heavy atom. The molecule has 2 rings (SSSR count). The van der Waals surface area contributed by atoms with Crippen molar-refractivity contribution in [1.82, 2.24) is 5.32 Å². The maximum absolute atomic E-state index is 11.7. The van der Waals surface area contributed by atoms with E-state index >= 15 is 0 Å². The molecule has 0 saturated carbocycles. The molecule has 0 aliphatic heterocycles. The first-order valence-electron chi connectivity index (χ1n) is 6.50. The molecule has 0 aliphatic carbocycles. The molecule has 2 aromatic rings. The molecule has 0 heterocycles. The quantitative estimate of drug-likeness (QED) is 0.834. The second-order valence-corrected chi connectivity index (χ2v) is 4.87. The summed E-state index contributed by atoms with van der Waals surface area (Å²) in [5.41, 5.74) is 1.48. The molecule has 2 amide bonds. The van der Waals surface area contributed by atoms with Gasteiger partial charge in [-0.25, -0.2) is 0 Å². The predicted molar refractivity (Wildman–Crippen MR) is 83.0 cm³/mol. The number of carbonyl (C=O) groups excluding carboxylic acids is 2. The maximum Gasteiger partial charge on any atom is 0.233 e. The van der Waals surface area contributed by atoms with Gasteiger partial charge in [-0.15, -0.1) is 0 Å². The van der Waals surface area contributed by atoms with Gasteiger partial charge in [-0.1, -0.05) is 48.0 Å². The molecule has 0 aromatic heterocycles. The molecule has 0 aliphatic rings. The Balaban J connectivity index is 1.79. The van der Waals surface area contributed by atoms with Gasteiger partial charge in [-0.3, -0.25) is 9.59 Å². The highest BCUT2D eigenvalue weighted by Crippen LogP contribution is 2.14. The first kappa shape index (κ1) is 15.1. The number of hydrogen-bond acceptors (Lipinski definition) is 2. The zero-order chi connectivity index (χ0) is 15.1. The molecule has 0 spiro atoms. The Morgan fingerprint density at radius 1 is 0.905 bits per heavy atom. The van der Waals surface area contributed by atoms with E-state index in [-0.39, 0.29) is 18.2 Å². The van der Waals surface area contributed by atoms with Crippen LogP contribution in [0.1, 0.15) is 12.0 Å². The molecule has 0 unspecified atom stereocenters. The molecular weight excluding hydrogens is 288 g/mol. The highest BCUT2D eigenvalue weighted by molar-refractivity contribution is 6.31. The van der Waals surface area contributed by atoms with Crippen molar-refractivity contribution in [2.75, 3.05) is 5.32 Å². The Bertz CT molecular complexity index is 629. The average Bonchev–Trinajstić information content (AvgIpc) is 2.47. The van der Waals surface area contributed by atoms with Crippen molar-refractivity contribution in [2.24, 2.45) is 0 Å². The van der Waals surface area contributed by atoms with Gasteiger partial charge in [-0.2, -0.15) is 0 Å². The molecule has 108 valence electrons. The largest absolute Gasteiger partial charge is 0.352 e. The summed E-state index contributed by atoms with van der Waals surface area (Å²) in [6, 6.07) is 16.2. The molecule has 2 N–H and O–H groups in total. The second kappa shape index (κ2) is 7.45. The minimum absolute atomic E-state index is 0.223. The predicted octanol–water partition coefficient (Wildman–Crippen LogP) is 2.99. The third-order valence-corrected chi connectivity index (χ3v) is 3.18. The van der Waals surface area contributed by atoms with E-state index in [9.17, 15) is 9.59 Å². The van der Waals surface area contributed by atoms with Gasteiger partial charge < -0.3 is 10.6 Å². The van der Waals surface area contributed by atoms with Crippen LogP contribution in [0.5, 0.6) is 0 Å². The molecule has 0 saturated heterocycles. The van der Waals surface area contributed by atoms with E-state index in [1.165, 1.54) is 0 Å². The standard InChI is InChI=1S/C16H15ClN2O2/c17-14-9-5-4-6-12(14)11-18-15(20)10-16(21)19-13-7-2-1-3-8-13/h1-9H,10-11H2,(H,18,20)(H,19,21). The summed E-state index contributed by atoms with van der Waals surface area (Å²) in [6.45, 7) is 0.303. The number of anilines is 1. The summed E-state index contributed by atoms with van der Waals surface area (Å²) in [6.07, 6.45) is -0.223. The van der Waals surface area contributed by atoms with E-state index in [0.29, 0.717) is 17.3 Å². The van der Waals surface area contributed by atoms with Gasteiger partial charge >= 0.3 is 0 Å². The Morgan fingerprint density at radius 2 is 1.57 bits per heavy atom. The van der Waals surface area contributed by atoms with Crippen molar-refractivity contribution in [3.63, 3.8) is 0 Å². The van der Waals surface area contributed by atoms with Crippen LogP contribution < -0.4 is 10.6 Å². The topological polar surface area (TPSA) is 58.2 Å². The second-order valence-electron chi connectivity index (χ2n) is 4.46. The van der Waals surface area contributed by atoms with Gasteiger partial charge in [0.25, 0.3) is 0 Å². The fraction of sp³-hybridized carbons (Fsp3) is 0.125. The Hall–Kier alpha value is -2.33. The maximum atomic E-state index is 11.7. The number of carbonyl (C=O) groups is 2. The van der Waals surface area contributed by atoms with E-state index in [1.807, 2.05) is 36.4 Å². The molecule has 0 bridgehead atoms. The lowest BCUT2D eigenvalue weighted by Crippen LogP contribution is -2.27. The molecule has 4 nitrogen and oxygen atoms in total. The number of amides is 2. The molecule has 0 atom stereocenters. The van der Waals surface area contributed by atoms with Crippen molar-refractivity contribution in [1.29, 1.82) is 0 Å². The van der Waals surface area contributed by atoms with Crippen LogP contribution in [-0.4, -0.2) is 11.8 Å². The van der Waals surface area contributed by atoms with Crippen LogP contribution in [0.25, 0.3) is 0 Å². The smallest absolute Gasteiger partial charge is 0.233 e. The summed E-state index contributed by atoms with van der Waals surface area (Å²) in [5, 5.41) is 5.92. The third-order valence-electron chi connectivity index (χ3n) is 2.81. The lowest BCUT2D eigenvalue weighted by molar-refractivity contribution is -0.126. The van der Waals surface area contributed by atoms with E-state index in [0.717, 1.165) is 5.56 Å². The summed E-state index contributed by atoms with van der Waals surface area (Å²) in [5.74, 6) is -0.693. The number of halogens is 1. The van der Waals surface area contributed by atoms with Crippen LogP contribution in [0.2, 0.25) is 5.02 Å². The lowest BCUT2D eigenvalue weighted by atomic mass is 10.2. The minimum Gasteiger partial charge on any atom is -0.352 e. The molecule has 5 heteroatoms. The number of nitrogens with one attached hydrogen (secondary N) is 2. The van der Waals surface area contributed by atoms with Gasteiger partial charge in [-0.05, 0) is 23.8 Å². The lowest BCUT2D eigenvalue weighted by Gasteiger charge is -2.07. The van der Waals surface area contributed by atoms with Gasteiger partial charge in [0.15, 0.2) is 0 Å². The number of benzene rings is 2. The number of rotatable bonds is 5. The number of hydrogen-bond donors (Lipinski definition) is 2. The zero-order valence-electron chi connectivity index (χ0n) is 11.3. The zero-order valence-corrected chi connectivity index (χ0v) is 12.1. The van der Waals surface area contributed by atoms with Crippen LogP contribution in [-0.2, 0) is 16.1 Å². The van der Waals surface area contributed by atoms with Crippen molar-refractivity contribution in [2.45, 2.75) is 13.0 Å². The van der Waals surface area contributed by atoms with Gasteiger partial charge in [0.2, 0.25) is 11.8 Å². The SMILES string of the molecule is O=C(CC(=O)Nc1ccccc1)NCc1ccccc1Cl. The van der Waals surface area contributed by atoms with E-state index in [4.69, 9.17) is 11.6 Å². The van der Waals surface area contributed by atoms with Crippen molar-refractivity contribution in [3.8, 4) is 0 Å². The Kier molecular flexibility index (Phi) is 5.35. The van der Waals surface area contributed by atoms with Crippen LogP contribution in [0.4, 0.5) is 5.69 Å². The fourth-order valence-electron chi connectivity index (χ4n) is 1.77. The van der Waals surface area contributed by atoms with Gasteiger partial charge in [0.05, 0.1) is 0 Å². The fourth-order valence-corrected chi connectivity index (χ4v) is 1.97. The van der Waals surface area contributed by atoms with Gasteiger partial charge in [0, 0.05) is 17.3 Å². The van der Waals surface area contributed by atoms with Crippen molar-refractivity contribution >= 4 is 29.1 Å². The van der Waals surface area contributed by atoms with Crippen LogP contribution >= 0.6 is 11.6 Å². The molecule has 21 heavy (non-hydrogen) atoms. The van der Waals surface area contributed by atoms with Crippen molar-refractivity contribution < 1.29 is 9.59 Å². The van der Waals surface area contributed by atoms with Crippen LogP contribution in [0.3, 0.4) is 0 Å². The van der Waals surface area contributed by atoms with Crippen LogP contribution in [0.15, 0.2) is 54.6 Å². The summed E-state index contributed by atoms with van der Waals surface area (Å²) >= 11 is 5.99. The highest BCUT2D eigenvalue weighted by Gasteiger charge is 2.10. The average molecular weight is 303 g/mol. The normalized spacial score (nSPS) is 9.95.